The number of carbonyl (C=O) groups excluding carboxylic acids is 5. The molecule has 9 heteroatoms. The molecule has 148 valence electrons. The Hall–Kier alpha value is -4.53. The van der Waals surface area contributed by atoms with Gasteiger partial charge in [-0.3, -0.25) is 19.2 Å². The number of hydrogen-bond acceptors (Lipinski definition) is 5. The molecule has 2 aliphatic heterocycles. The Morgan fingerprint density at radius 3 is 1.13 bits per heavy atom. The Kier molecular flexibility index (Phi) is 4.69. The molecule has 0 fully saturated rings. The molecule has 2 aliphatic rings. The fourth-order valence-corrected chi connectivity index (χ4v) is 2.99. The summed E-state index contributed by atoms with van der Waals surface area (Å²) < 4.78 is 0. The molecule has 0 radical (unpaired) electrons. The van der Waals surface area contributed by atoms with Crippen LogP contribution in [-0.2, 0) is 19.2 Å². The van der Waals surface area contributed by atoms with Crippen molar-refractivity contribution in [2.75, 3.05) is 20.4 Å². The van der Waals surface area contributed by atoms with Crippen LogP contribution in [0.2, 0.25) is 0 Å². The Labute approximate surface area is 170 Å². The van der Waals surface area contributed by atoms with Crippen molar-refractivity contribution < 1.29 is 24.0 Å². The summed E-state index contributed by atoms with van der Waals surface area (Å²) in [5, 5.41) is 5.26. The Morgan fingerprint density at radius 1 is 0.533 bits per heavy atom. The maximum Gasteiger partial charge on any atom is 0.323 e. The van der Waals surface area contributed by atoms with Gasteiger partial charge in [0, 0.05) is 35.7 Å². The van der Waals surface area contributed by atoms with Gasteiger partial charge in [-0.25, -0.2) is 14.6 Å². The highest BCUT2D eigenvalue weighted by Gasteiger charge is 2.25. The van der Waals surface area contributed by atoms with E-state index in [2.05, 4.69) is 10.6 Å². The van der Waals surface area contributed by atoms with Crippen LogP contribution in [0.3, 0.4) is 0 Å². The van der Waals surface area contributed by atoms with Crippen molar-refractivity contribution >= 4 is 52.4 Å². The maximum atomic E-state index is 12.2. The van der Waals surface area contributed by atoms with Gasteiger partial charge in [-0.2, -0.15) is 0 Å². The van der Waals surface area contributed by atoms with E-state index in [1.807, 2.05) is 0 Å². The Morgan fingerprint density at radius 2 is 0.833 bits per heavy atom. The average Bonchev–Trinajstić information content (AvgIpc) is 3.24. The van der Waals surface area contributed by atoms with Crippen LogP contribution in [0.25, 0.3) is 0 Å². The number of urea groups is 1. The molecular weight excluding hydrogens is 388 g/mol. The third-order valence-corrected chi connectivity index (χ3v) is 4.39. The monoisotopic (exact) mass is 402 g/mol. The quantitative estimate of drug-likeness (QED) is 0.761. The van der Waals surface area contributed by atoms with Crippen LogP contribution >= 0.6 is 0 Å². The first-order valence-electron chi connectivity index (χ1n) is 8.83. The molecule has 2 aromatic carbocycles. The number of nitrogens with one attached hydrogen (secondary N) is 2. The molecule has 2 N–H and O–H groups in total. The topological polar surface area (TPSA) is 116 Å². The average molecular weight is 402 g/mol. The number of carbonyl (C=O) groups is 5. The van der Waals surface area contributed by atoms with E-state index in [4.69, 9.17) is 0 Å². The third kappa shape index (κ3) is 3.59. The van der Waals surface area contributed by atoms with E-state index in [-0.39, 0.29) is 0 Å². The first kappa shape index (κ1) is 18.8. The molecule has 0 aliphatic carbocycles. The van der Waals surface area contributed by atoms with Crippen LogP contribution in [0.4, 0.5) is 27.5 Å². The zero-order chi connectivity index (χ0) is 21.3. The normalized spacial score (nSPS) is 15.3. The van der Waals surface area contributed by atoms with E-state index < -0.39 is 29.7 Å². The second-order valence-electron chi connectivity index (χ2n) is 6.36. The smallest absolute Gasteiger partial charge is 0.308 e. The molecule has 4 rings (SSSR count). The number of rotatable bonds is 4. The minimum absolute atomic E-state index is 0.400. The number of hydrogen-bond donors (Lipinski definition) is 2. The van der Waals surface area contributed by atoms with Gasteiger partial charge in [0.1, 0.15) is 0 Å². The SMILES string of the molecule is O=C(Nc1ccc(N2C(=O)C=CC2=O)cc1)Nc1ccc(N2C(=O)C=CC2=O)cc1. The minimum Gasteiger partial charge on any atom is -0.308 e. The van der Waals surface area contributed by atoms with Gasteiger partial charge in [0.15, 0.2) is 0 Å². The van der Waals surface area contributed by atoms with E-state index in [1.54, 1.807) is 48.5 Å². The van der Waals surface area contributed by atoms with Gasteiger partial charge < -0.3 is 10.6 Å². The Balaban J connectivity index is 1.37. The van der Waals surface area contributed by atoms with E-state index >= 15 is 0 Å². The predicted molar refractivity (Wildman–Crippen MR) is 109 cm³/mol. The highest BCUT2D eigenvalue weighted by molar-refractivity contribution is 6.28. The number of amides is 6. The lowest BCUT2D eigenvalue weighted by Gasteiger charge is -2.15. The summed E-state index contributed by atoms with van der Waals surface area (Å²) >= 11 is 0. The lowest BCUT2D eigenvalue weighted by molar-refractivity contribution is -0.121. The van der Waals surface area contributed by atoms with Crippen LogP contribution < -0.4 is 20.4 Å². The lowest BCUT2D eigenvalue weighted by atomic mass is 10.2. The zero-order valence-corrected chi connectivity index (χ0v) is 15.4. The Bertz CT molecular complexity index is 1010. The molecule has 0 atom stereocenters. The van der Waals surface area contributed by atoms with E-state index in [0.717, 1.165) is 9.80 Å². The van der Waals surface area contributed by atoms with Gasteiger partial charge in [-0.05, 0) is 48.5 Å². The number of nitrogens with zero attached hydrogens (tertiary/aromatic N) is 2. The van der Waals surface area contributed by atoms with Gasteiger partial charge in [-0.15, -0.1) is 0 Å². The number of benzene rings is 2. The van der Waals surface area contributed by atoms with Gasteiger partial charge in [0.05, 0.1) is 11.4 Å². The molecule has 0 aromatic heterocycles. The van der Waals surface area contributed by atoms with Crippen LogP contribution in [-0.4, -0.2) is 29.7 Å². The van der Waals surface area contributed by atoms with E-state index in [0.29, 0.717) is 22.7 Å². The van der Waals surface area contributed by atoms with Gasteiger partial charge >= 0.3 is 6.03 Å². The lowest BCUT2D eigenvalue weighted by Crippen LogP contribution is -2.29. The fourth-order valence-electron chi connectivity index (χ4n) is 2.99. The molecule has 6 amide bonds. The second-order valence-corrected chi connectivity index (χ2v) is 6.36. The summed E-state index contributed by atoms with van der Waals surface area (Å²) in [6, 6.07) is 11.9. The zero-order valence-electron chi connectivity index (χ0n) is 15.4. The first-order valence-corrected chi connectivity index (χ1v) is 8.83. The van der Waals surface area contributed by atoms with Gasteiger partial charge in [-0.1, -0.05) is 0 Å². The summed E-state index contributed by atoms with van der Waals surface area (Å²) in [5.41, 5.74) is 1.72. The predicted octanol–water partition coefficient (Wildman–Crippen LogP) is 2.19. The number of anilines is 4. The van der Waals surface area contributed by atoms with Crippen molar-refractivity contribution in [3.8, 4) is 0 Å². The molecular formula is C21H14N4O5. The van der Waals surface area contributed by atoms with Crippen molar-refractivity contribution in [2.45, 2.75) is 0 Å². The molecule has 0 saturated carbocycles. The van der Waals surface area contributed by atoms with Crippen LogP contribution in [0.1, 0.15) is 0 Å². The minimum atomic E-state index is -0.513. The van der Waals surface area contributed by atoms with Crippen molar-refractivity contribution in [3.63, 3.8) is 0 Å². The van der Waals surface area contributed by atoms with Crippen molar-refractivity contribution in [1.82, 2.24) is 0 Å². The standard InChI is InChI=1S/C21H14N4O5/c26-17-9-10-18(27)24(17)15-5-1-13(2-6-15)22-21(30)23-14-3-7-16(8-4-14)25-19(28)11-12-20(25)29/h1-12H,(H2,22,23,30). The van der Waals surface area contributed by atoms with Crippen molar-refractivity contribution in [3.05, 3.63) is 72.8 Å². The summed E-state index contributed by atoms with van der Waals surface area (Å²) in [6.07, 6.45) is 4.77. The maximum absolute atomic E-state index is 12.2. The molecule has 9 nitrogen and oxygen atoms in total. The van der Waals surface area contributed by atoms with Crippen molar-refractivity contribution in [2.24, 2.45) is 0 Å². The molecule has 0 bridgehead atoms. The molecule has 0 unspecified atom stereocenters. The molecule has 2 aromatic rings. The highest BCUT2D eigenvalue weighted by Crippen LogP contribution is 2.23. The van der Waals surface area contributed by atoms with Crippen molar-refractivity contribution in [1.29, 1.82) is 0 Å². The van der Waals surface area contributed by atoms with Gasteiger partial charge in [0.25, 0.3) is 23.6 Å². The third-order valence-electron chi connectivity index (χ3n) is 4.39. The molecule has 2 heterocycles. The second kappa shape index (κ2) is 7.47. The van der Waals surface area contributed by atoms with Crippen LogP contribution in [0, 0.1) is 0 Å². The molecule has 30 heavy (non-hydrogen) atoms. The van der Waals surface area contributed by atoms with E-state index in [1.165, 1.54) is 24.3 Å². The summed E-state index contributed by atoms with van der Waals surface area (Å²) in [5.74, 6) is -1.69. The highest BCUT2D eigenvalue weighted by atomic mass is 16.2. The van der Waals surface area contributed by atoms with Crippen LogP contribution in [0.5, 0.6) is 0 Å². The fraction of sp³-hybridized carbons (Fsp3) is 0. The molecule has 0 saturated heterocycles. The van der Waals surface area contributed by atoms with Crippen LogP contribution in [0.15, 0.2) is 72.8 Å². The summed E-state index contributed by atoms with van der Waals surface area (Å²) in [4.78, 5) is 61.0. The first-order chi connectivity index (χ1) is 14.4. The largest absolute Gasteiger partial charge is 0.323 e. The summed E-state index contributed by atoms with van der Waals surface area (Å²) in [6.45, 7) is 0. The number of imide groups is 2. The molecule has 0 spiro atoms. The summed E-state index contributed by atoms with van der Waals surface area (Å²) in [7, 11) is 0. The van der Waals surface area contributed by atoms with E-state index in [9.17, 15) is 24.0 Å². The van der Waals surface area contributed by atoms with Gasteiger partial charge in [0.2, 0.25) is 0 Å².